The topological polar surface area (TPSA) is 58.6 Å². The van der Waals surface area contributed by atoms with Crippen LogP contribution in [0.25, 0.3) is 0 Å². The summed E-state index contributed by atoms with van der Waals surface area (Å²) in [4.78, 5) is 10.5. The van der Waals surface area contributed by atoms with Crippen molar-refractivity contribution in [2.75, 3.05) is 13.2 Å². The van der Waals surface area contributed by atoms with Crippen molar-refractivity contribution in [3.8, 4) is 0 Å². The second-order valence-electron chi connectivity index (χ2n) is 1.65. The Kier molecular flexibility index (Phi) is 11.9. The van der Waals surface area contributed by atoms with E-state index >= 15 is 0 Å². The Labute approximate surface area is 114 Å². The van der Waals surface area contributed by atoms with Crippen LogP contribution in [0.2, 0.25) is 0 Å². The molecule has 0 amide bonds. The van der Waals surface area contributed by atoms with Crippen LogP contribution in [-0.2, 0) is 14.3 Å². The van der Waals surface area contributed by atoms with Crippen LogP contribution in [0.5, 0.6) is 0 Å². The number of carbonyl (C=O) groups is 1. The van der Waals surface area contributed by atoms with E-state index < -0.39 is 11.9 Å². The van der Waals surface area contributed by atoms with E-state index in [2.05, 4.69) is 9.47 Å². The van der Waals surface area contributed by atoms with Crippen LogP contribution in [0.15, 0.2) is 12.0 Å². The summed E-state index contributed by atoms with van der Waals surface area (Å²) in [5, 5.41) is 10.5. The van der Waals surface area contributed by atoms with Crippen LogP contribution >= 0.6 is 0 Å². The largest absolute Gasteiger partial charge is 1.00 e. The van der Waals surface area contributed by atoms with Gasteiger partial charge in [0.25, 0.3) is 0 Å². The SMILES string of the molecule is CCOC(=O)C=C([O-])OCC.[K+]. The maximum absolute atomic E-state index is 10.5. The molecule has 0 atom stereocenters. The molecule has 0 aliphatic heterocycles. The number of hydrogen-bond donors (Lipinski definition) is 0. The summed E-state index contributed by atoms with van der Waals surface area (Å²) in [5.41, 5.74) is 0. The van der Waals surface area contributed by atoms with Crippen LogP contribution in [0.4, 0.5) is 0 Å². The van der Waals surface area contributed by atoms with E-state index in [1.807, 2.05) is 0 Å². The molecular weight excluding hydrogens is 187 g/mol. The summed E-state index contributed by atoms with van der Waals surface area (Å²) in [6.07, 6.45) is 0.785. The van der Waals surface area contributed by atoms with Crippen molar-refractivity contribution < 1.29 is 70.8 Å². The van der Waals surface area contributed by atoms with Gasteiger partial charge in [0.1, 0.15) is 0 Å². The number of ether oxygens (including phenoxy) is 2. The van der Waals surface area contributed by atoms with Gasteiger partial charge in [0.2, 0.25) is 0 Å². The van der Waals surface area contributed by atoms with Gasteiger partial charge in [0, 0.05) is 6.08 Å². The number of hydrogen-bond acceptors (Lipinski definition) is 4. The quantitative estimate of drug-likeness (QED) is 0.206. The van der Waals surface area contributed by atoms with Gasteiger partial charge in [-0.15, -0.1) is 0 Å². The maximum atomic E-state index is 10.5. The molecule has 0 aliphatic rings. The molecule has 0 spiro atoms. The first-order valence-corrected chi connectivity index (χ1v) is 3.39. The molecule has 0 N–H and O–H groups in total. The fourth-order valence-corrected chi connectivity index (χ4v) is 0.464. The summed E-state index contributed by atoms with van der Waals surface area (Å²) in [5.74, 6) is -1.32. The Hall–Kier alpha value is 0.446. The minimum Gasteiger partial charge on any atom is -0.613 e. The van der Waals surface area contributed by atoms with E-state index in [0.717, 1.165) is 6.08 Å². The molecular formula is C7H11KO4. The second-order valence-corrected chi connectivity index (χ2v) is 1.65. The van der Waals surface area contributed by atoms with Crippen LogP contribution in [0.1, 0.15) is 13.8 Å². The Morgan fingerprint density at radius 1 is 1.33 bits per heavy atom. The van der Waals surface area contributed by atoms with Gasteiger partial charge in [-0.25, -0.2) is 4.79 Å². The molecule has 0 aromatic rings. The zero-order valence-electron chi connectivity index (χ0n) is 7.62. The van der Waals surface area contributed by atoms with Crippen molar-refractivity contribution in [1.82, 2.24) is 0 Å². The van der Waals surface area contributed by atoms with Gasteiger partial charge in [0.05, 0.1) is 12.6 Å². The van der Waals surface area contributed by atoms with Crippen molar-refractivity contribution in [3.63, 3.8) is 0 Å². The van der Waals surface area contributed by atoms with E-state index in [1.54, 1.807) is 13.8 Å². The smallest absolute Gasteiger partial charge is 0.613 e. The van der Waals surface area contributed by atoms with Crippen LogP contribution < -0.4 is 56.5 Å². The molecule has 0 rings (SSSR count). The van der Waals surface area contributed by atoms with Crippen molar-refractivity contribution in [2.24, 2.45) is 0 Å². The molecule has 0 saturated carbocycles. The van der Waals surface area contributed by atoms with Gasteiger partial charge in [-0.05, 0) is 13.5 Å². The molecule has 0 bridgehead atoms. The van der Waals surface area contributed by atoms with E-state index in [-0.39, 0.29) is 64.6 Å². The van der Waals surface area contributed by atoms with E-state index in [9.17, 15) is 9.90 Å². The maximum Gasteiger partial charge on any atom is 1.00 e. The van der Waals surface area contributed by atoms with Gasteiger partial charge in [-0.3, -0.25) is 0 Å². The summed E-state index contributed by atoms with van der Waals surface area (Å²) in [6.45, 7) is 3.84. The zero-order valence-corrected chi connectivity index (χ0v) is 10.7. The van der Waals surface area contributed by atoms with Crippen molar-refractivity contribution >= 4 is 5.97 Å². The summed E-state index contributed by atoms with van der Waals surface area (Å²) >= 11 is 0. The van der Waals surface area contributed by atoms with E-state index in [1.165, 1.54) is 0 Å². The van der Waals surface area contributed by atoms with Gasteiger partial charge < -0.3 is 14.6 Å². The minimum absolute atomic E-state index is 0. The Bertz CT molecular complexity index is 155. The average Bonchev–Trinajstić information content (AvgIpc) is 1.87. The normalized spacial score (nSPS) is 10.0. The van der Waals surface area contributed by atoms with E-state index in [4.69, 9.17) is 0 Å². The van der Waals surface area contributed by atoms with Gasteiger partial charge in [0.15, 0.2) is 0 Å². The molecule has 12 heavy (non-hydrogen) atoms. The predicted octanol–water partition coefficient (Wildman–Crippen LogP) is -3.21. The molecule has 64 valence electrons. The summed E-state index contributed by atoms with van der Waals surface area (Å²) in [7, 11) is 0. The molecule has 5 heteroatoms. The third kappa shape index (κ3) is 8.54. The molecule has 4 nitrogen and oxygen atoms in total. The second kappa shape index (κ2) is 9.53. The first-order chi connectivity index (χ1) is 5.20. The van der Waals surface area contributed by atoms with Gasteiger partial charge in [-0.1, -0.05) is 6.92 Å². The molecule has 0 aromatic heterocycles. The average molecular weight is 198 g/mol. The molecule has 0 unspecified atom stereocenters. The summed E-state index contributed by atoms with van der Waals surface area (Å²) < 4.78 is 8.93. The molecule has 0 aliphatic carbocycles. The third-order valence-corrected chi connectivity index (χ3v) is 0.809. The number of rotatable bonds is 4. The number of carbonyl (C=O) groups excluding carboxylic acids is 1. The molecule has 0 fully saturated rings. The van der Waals surface area contributed by atoms with Crippen molar-refractivity contribution in [1.29, 1.82) is 0 Å². The minimum atomic E-state index is -0.661. The van der Waals surface area contributed by atoms with E-state index in [0.29, 0.717) is 0 Å². The standard InChI is InChI=1S/C7H12O4.K/c1-3-10-6(8)5-7(9)11-4-2;/h5,8H,3-4H2,1-2H3;/q;+1/p-1. The van der Waals surface area contributed by atoms with Gasteiger partial charge >= 0.3 is 57.4 Å². The molecule has 0 radical (unpaired) electrons. The van der Waals surface area contributed by atoms with Crippen molar-refractivity contribution in [3.05, 3.63) is 12.0 Å². The van der Waals surface area contributed by atoms with Crippen LogP contribution in [-0.4, -0.2) is 19.2 Å². The zero-order chi connectivity index (χ0) is 8.69. The Morgan fingerprint density at radius 2 is 1.83 bits per heavy atom. The molecule has 0 saturated heterocycles. The molecule has 0 aromatic carbocycles. The van der Waals surface area contributed by atoms with Crippen LogP contribution in [0.3, 0.4) is 0 Å². The Balaban J connectivity index is 0. The fraction of sp³-hybridized carbons (Fsp3) is 0.571. The first-order valence-electron chi connectivity index (χ1n) is 3.39. The first kappa shape index (κ1) is 14.9. The van der Waals surface area contributed by atoms with Crippen molar-refractivity contribution in [2.45, 2.75) is 13.8 Å². The molecule has 0 heterocycles. The third-order valence-electron chi connectivity index (χ3n) is 0.809. The fourth-order valence-electron chi connectivity index (χ4n) is 0.464. The number of esters is 1. The predicted molar refractivity (Wildman–Crippen MR) is 36.3 cm³/mol. The Morgan fingerprint density at radius 3 is 2.25 bits per heavy atom. The van der Waals surface area contributed by atoms with Crippen LogP contribution in [0, 0.1) is 0 Å². The van der Waals surface area contributed by atoms with Gasteiger partial charge in [-0.2, -0.15) is 0 Å². The monoisotopic (exact) mass is 198 g/mol. The summed E-state index contributed by atoms with van der Waals surface area (Å²) in [6, 6.07) is 0.